The van der Waals surface area contributed by atoms with Crippen molar-refractivity contribution in [3.8, 4) is 5.69 Å². The number of carboxylic acid groups (broad SMARTS) is 1. The first-order valence-corrected chi connectivity index (χ1v) is 8.53. The van der Waals surface area contributed by atoms with Gasteiger partial charge in [0.1, 0.15) is 5.54 Å². The highest BCUT2D eigenvalue weighted by Gasteiger charge is 2.33. The Labute approximate surface area is 146 Å². The number of aromatic nitrogens is 2. The van der Waals surface area contributed by atoms with Gasteiger partial charge in [-0.2, -0.15) is 5.10 Å². The molecule has 1 heterocycles. The minimum absolute atomic E-state index is 0.338. The third kappa shape index (κ3) is 3.29. The van der Waals surface area contributed by atoms with Crippen LogP contribution < -0.4 is 5.32 Å². The number of hydrogen-bond donors (Lipinski definition) is 2. The number of fused-ring (bicyclic) bond motifs is 1. The van der Waals surface area contributed by atoms with Gasteiger partial charge in [0.05, 0.1) is 5.69 Å². The molecule has 6 heteroatoms. The molecule has 0 atom stereocenters. The molecule has 25 heavy (non-hydrogen) atoms. The van der Waals surface area contributed by atoms with E-state index in [9.17, 15) is 14.7 Å². The maximum atomic E-state index is 12.7. The summed E-state index contributed by atoms with van der Waals surface area (Å²) in [5, 5.41) is 16.4. The van der Waals surface area contributed by atoms with E-state index >= 15 is 0 Å². The highest BCUT2D eigenvalue weighted by Crippen LogP contribution is 2.27. The molecule has 0 bridgehead atoms. The van der Waals surface area contributed by atoms with Crippen LogP contribution in [-0.2, 0) is 17.6 Å². The van der Waals surface area contributed by atoms with Gasteiger partial charge in [-0.3, -0.25) is 4.79 Å². The molecule has 0 spiro atoms. The lowest BCUT2D eigenvalue weighted by molar-refractivity contribution is -0.143. The molecule has 0 unspecified atom stereocenters. The number of carboxylic acids is 1. The SMILES string of the molecule is Cc1ccc(-n2nc(C(=O)NC(C)(C)C(=O)O)c3c2CCCC3)cc1. The lowest BCUT2D eigenvalue weighted by atomic mass is 9.95. The summed E-state index contributed by atoms with van der Waals surface area (Å²) in [5.74, 6) is -1.51. The molecule has 0 saturated carbocycles. The molecule has 0 radical (unpaired) electrons. The van der Waals surface area contributed by atoms with Gasteiger partial charge in [0.2, 0.25) is 0 Å². The number of hydrogen-bond acceptors (Lipinski definition) is 3. The molecule has 2 N–H and O–H groups in total. The Bertz CT molecular complexity index is 819. The zero-order valence-electron chi connectivity index (χ0n) is 14.8. The maximum absolute atomic E-state index is 12.7. The summed E-state index contributed by atoms with van der Waals surface area (Å²) < 4.78 is 1.83. The zero-order chi connectivity index (χ0) is 18.2. The fourth-order valence-corrected chi connectivity index (χ4v) is 3.08. The van der Waals surface area contributed by atoms with Crippen LogP contribution in [0.15, 0.2) is 24.3 Å². The summed E-state index contributed by atoms with van der Waals surface area (Å²) >= 11 is 0. The quantitative estimate of drug-likeness (QED) is 0.895. The molecular formula is C19H23N3O3. The molecule has 1 aliphatic rings. The Hall–Kier alpha value is -2.63. The highest BCUT2D eigenvalue weighted by molar-refractivity contribution is 5.97. The topological polar surface area (TPSA) is 84.2 Å². The third-order valence-electron chi connectivity index (χ3n) is 4.63. The van der Waals surface area contributed by atoms with Gasteiger partial charge >= 0.3 is 5.97 Å². The Morgan fingerprint density at radius 2 is 1.80 bits per heavy atom. The van der Waals surface area contributed by atoms with Crippen molar-refractivity contribution >= 4 is 11.9 Å². The van der Waals surface area contributed by atoms with Crippen LogP contribution in [0.3, 0.4) is 0 Å². The van der Waals surface area contributed by atoms with Gasteiger partial charge in [-0.1, -0.05) is 17.7 Å². The Morgan fingerprint density at radius 1 is 1.16 bits per heavy atom. The van der Waals surface area contributed by atoms with Gasteiger partial charge in [-0.15, -0.1) is 0 Å². The average Bonchev–Trinajstić information content (AvgIpc) is 2.95. The summed E-state index contributed by atoms with van der Waals surface area (Å²) in [7, 11) is 0. The van der Waals surface area contributed by atoms with E-state index in [0.29, 0.717) is 5.69 Å². The highest BCUT2D eigenvalue weighted by atomic mass is 16.4. The van der Waals surface area contributed by atoms with E-state index < -0.39 is 17.4 Å². The lowest BCUT2D eigenvalue weighted by Gasteiger charge is -2.20. The fraction of sp³-hybridized carbons (Fsp3) is 0.421. The minimum atomic E-state index is -1.34. The van der Waals surface area contributed by atoms with Crippen LogP contribution in [0.1, 0.15) is 54.0 Å². The number of aryl methyl sites for hydroxylation is 1. The van der Waals surface area contributed by atoms with E-state index in [0.717, 1.165) is 48.2 Å². The van der Waals surface area contributed by atoms with Crippen LogP contribution in [-0.4, -0.2) is 32.3 Å². The van der Waals surface area contributed by atoms with E-state index in [1.807, 2.05) is 35.9 Å². The summed E-state index contributed by atoms with van der Waals surface area (Å²) in [6, 6.07) is 8.00. The number of rotatable bonds is 4. The Balaban J connectivity index is 2.02. The number of nitrogens with zero attached hydrogens (tertiary/aromatic N) is 2. The first-order valence-electron chi connectivity index (χ1n) is 8.53. The van der Waals surface area contributed by atoms with Crippen LogP contribution in [0.5, 0.6) is 0 Å². The number of nitrogens with one attached hydrogen (secondary N) is 1. The van der Waals surface area contributed by atoms with E-state index in [2.05, 4.69) is 10.4 Å². The molecule has 0 aliphatic heterocycles. The van der Waals surface area contributed by atoms with E-state index in [1.54, 1.807) is 0 Å². The molecule has 1 aliphatic carbocycles. The number of carbonyl (C=O) groups excluding carboxylic acids is 1. The van der Waals surface area contributed by atoms with E-state index in [4.69, 9.17) is 0 Å². The standard InChI is InChI=1S/C19H23N3O3/c1-12-8-10-13(11-9-12)22-15-7-5-4-6-14(15)16(21-22)17(23)20-19(2,3)18(24)25/h8-11H,4-7H2,1-3H3,(H,20,23)(H,24,25). The molecular weight excluding hydrogens is 318 g/mol. The molecule has 6 nitrogen and oxygen atoms in total. The van der Waals surface area contributed by atoms with Crippen LogP contribution in [0.4, 0.5) is 0 Å². The van der Waals surface area contributed by atoms with E-state index in [-0.39, 0.29) is 0 Å². The van der Waals surface area contributed by atoms with Crippen molar-refractivity contribution < 1.29 is 14.7 Å². The second-order valence-electron chi connectivity index (χ2n) is 7.11. The maximum Gasteiger partial charge on any atom is 0.328 e. The normalized spacial score (nSPS) is 14.0. The van der Waals surface area contributed by atoms with Crippen molar-refractivity contribution in [2.75, 3.05) is 0 Å². The van der Waals surface area contributed by atoms with Crippen molar-refractivity contribution in [2.45, 2.75) is 52.0 Å². The number of carbonyl (C=O) groups is 2. The molecule has 1 aromatic carbocycles. The number of benzene rings is 1. The van der Waals surface area contributed by atoms with Crippen molar-refractivity contribution in [1.29, 1.82) is 0 Å². The number of aliphatic carboxylic acids is 1. The Kier molecular flexibility index (Phi) is 4.37. The summed E-state index contributed by atoms with van der Waals surface area (Å²) in [4.78, 5) is 24.0. The molecule has 1 amide bonds. The van der Waals surface area contributed by atoms with Crippen molar-refractivity contribution in [1.82, 2.24) is 15.1 Å². The molecule has 3 rings (SSSR count). The van der Waals surface area contributed by atoms with Gasteiger partial charge < -0.3 is 10.4 Å². The lowest BCUT2D eigenvalue weighted by Crippen LogP contribution is -2.50. The summed E-state index contributed by atoms with van der Waals surface area (Å²) in [5.41, 5.74) is 3.06. The van der Waals surface area contributed by atoms with Crippen LogP contribution in [0.25, 0.3) is 5.69 Å². The van der Waals surface area contributed by atoms with Gasteiger partial charge in [0, 0.05) is 11.3 Å². The summed E-state index contributed by atoms with van der Waals surface area (Å²) in [6.07, 6.45) is 3.73. The minimum Gasteiger partial charge on any atom is -0.480 e. The predicted molar refractivity (Wildman–Crippen MR) is 94.1 cm³/mol. The predicted octanol–water partition coefficient (Wildman–Crippen LogP) is 2.65. The van der Waals surface area contributed by atoms with Gasteiger partial charge in [-0.05, 0) is 58.6 Å². The van der Waals surface area contributed by atoms with Gasteiger partial charge in [0.15, 0.2) is 5.69 Å². The Morgan fingerprint density at radius 3 is 2.44 bits per heavy atom. The second-order valence-corrected chi connectivity index (χ2v) is 7.11. The van der Waals surface area contributed by atoms with Gasteiger partial charge in [0.25, 0.3) is 5.91 Å². The fourth-order valence-electron chi connectivity index (χ4n) is 3.08. The van der Waals surface area contributed by atoms with Crippen LogP contribution >= 0.6 is 0 Å². The van der Waals surface area contributed by atoms with Crippen molar-refractivity contribution in [2.24, 2.45) is 0 Å². The van der Waals surface area contributed by atoms with Crippen LogP contribution in [0, 0.1) is 6.92 Å². The molecule has 0 fully saturated rings. The first-order chi connectivity index (χ1) is 11.8. The van der Waals surface area contributed by atoms with Crippen molar-refractivity contribution in [3.63, 3.8) is 0 Å². The largest absolute Gasteiger partial charge is 0.480 e. The second kappa shape index (κ2) is 6.35. The average molecular weight is 341 g/mol. The van der Waals surface area contributed by atoms with Crippen LogP contribution in [0.2, 0.25) is 0 Å². The molecule has 1 aromatic heterocycles. The molecule has 0 saturated heterocycles. The third-order valence-corrected chi connectivity index (χ3v) is 4.63. The molecule has 2 aromatic rings. The van der Waals surface area contributed by atoms with Crippen molar-refractivity contribution in [3.05, 3.63) is 46.8 Å². The monoisotopic (exact) mass is 341 g/mol. The first kappa shape index (κ1) is 17.2. The van der Waals surface area contributed by atoms with E-state index in [1.165, 1.54) is 13.8 Å². The zero-order valence-corrected chi connectivity index (χ0v) is 14.8. The summed E-state index contributed by atoms with van der Waals surface area (Å²) in [6.45, 7) is 4.96. The number of amides is 1. The van der Waals surface area contributed by atoms with Gasteiger partial charge in [-0.25, -0.2) is 9.48 Å². The smallest absolute Gasteiger partial charge is 0.328 e. The molecule has 132 valence electrons.